The second-order valence-corrected chi connectivity index (χ2v) is 8.69. The minimum atomic E-state index is -0.0972. The summed E-state index contributed by atoms with van der Waals surface area (Å²) in [5.41, 5.74) is 2.18. The molecule has 1 aliphatic heterocycles. The third kappa shape index (κ3) is 5.69. The molecule has 6 nitrogen and oxygen atoms in total. The lowest BCUT2D eigenvalue weighted by Gasteiger charge is -2.38. The number of nitrogens with one attached hydrogen (secondary N) is 2. The van der Waals surface area contributed by atoms with Crippen molar-refractivity contribution in [1.82, 2.24) is 14.8 Å². The lowest BCUT2D eigenvalue weighted by molar-refractivity contribution is 0.0734. The molecule has 0 radical (unpaired) electrons. The Labute approximate surface area is 192 Å². The lowest BCUT2D eigenvalue weighted by Crippen LogP contribution is -2.49. The number of likely N-dealkylation sites (tertiary alicyclic amines) is 1. The largest absolute Gasteiger partial charge is 0.361 e. The fourth-order valence-electron chi connectivity index (χ4n) is 3.91. The molecule has 32 heavy (non-hydrogen) atoms. The van der Waals surface area contributed by atoms with Crippen LogP contribution in [0.3, 0.4) is 0 Å². The van der Waals surface area contributed by atoms with Crippen LogP contribution in [0.5, 0.6) is 0 Å². The van der Waals surface area contributed by atoms with Crippen LogP contribution in [0.15, 0.2) is 84.6 Å². The number of benzene rings is 1. The van der Waals surface area contributed by atoms with Crippen LogP contribution in [0.4, 0.5) is 5.69 Å². The van der Waals surface area contributed by atoms with Gasteiger partial charge in [-0.05, 0) is 48.1 Å². The van der Waals surface area contributed by atoms with Crippen molar-refractivity contribution in [1.29, 1.82) is 5.41 Å². The van der Waals surface area contributed by atoms with Gasteiger partial charge >= 0.3 is 0 Å². The number of hydrogen-bond acceptors (Lipinski definition) is 6. The van der Waals surface area contributed by atoms with E-state index in [1.165, 1.54) is 16.9 Å². The molecule has 1 amide bonds. The summed E-state index contributed by atoms with van der Waals surface area (Å²) in [5.74, 6) is 0.103. The van der Waals surface area contributed by atoms with E-state index in [-0.39, 0.29) is 17.8 Å². The van der Waals surface area contributed by atoms with Gasteiger partial charge in [-0.25, -0.2) is 0 Å². The molecule has 7 heteroatoms. The molecule has 0 atom stereocenters. The van der Waals surface area contributed by atoms with Crippen molar-refractivity contribution in [3.8, 4) is 0 Å². The first-order chi connectivity index (χ1) is 15.7. The van der Waals surface area contributed by atoms with Gasteiger partial charge in [0.2, 0.25) is 0 Å². The van der Waals surface area contributed by atoms with E-state index >= 15 is 0 Å². The van der Waals surface area contributed by atoms with Gasteiger partial charge in [0.05, 0.1) is 4.88 Å². The van der Waals surface area contributed by atoms with Crippen LogP contribution in [0, 0.1) is 5.41 Å². The zero-order valence-corrected chi connectivity index (χ0v) is 18.7. The lowest BCUT2D eigenvalue weighted by atomic mass is 10.0. The number of carbonyl (C=O) groups excluding carboxylic acids is 1. The standard InChI is InChI=1S/C25H27N5OS/c26-24(10-15-28-21-8-13-27-14-9-21)30(25(31)23-7-4-18-32-23)22-11-16-29(17-12-22)19-20-5-2-1-3-6-20/h1-10,13-15,18,22,26H,11-12,16-17,19H2,(H,27,28)/b15-10-,26-24?. The number of anilines is 1. The molecule has 3 heterocycles. The average molecular weight is 446 g/mol. The Bertz CT molecular complexity index is 1030. The number of aromatic nitrogens is 1. The molecule has 1 aliphatic rings. The minimum absolute atomic E-state index is 0.00898. The third-order valence-electron chi connectivity index (χ3n) is 5.55. The summed E-state index contributed by atoms with van der Waals surface area (Å²) in [5, 5.41) is 13.7. The predicted octanol–water partition coefficient (Wildman–Crippen LogP) is 4.85. The molecule has 1 fully saturated rings. The van der Waals surface area contributed by atoms with Gasteiger partial charge in [-0.1, -0.05) is 36.4 Å². The van der Waals surface area contributed by atoms with E-state index in [1.54, 1.807) is 29.6 Å². The monoisotopic (exact) mass is 445 g/mol. The Morgan fingerprint density at radius 1 is 1.12 bits per heavy atom. The maximum Gasteiger partial charge on any atom is 0.269 e. The molecule has 164 valence electrons. The number of piperidine rings is 1. The first-order valence-corrected chi connectivity index (χ1v) is 11.6. The Kier molecular flexibility index (Phi) is 7.42. The molecule has 0 spiro atoms. The quantitative estimate of drug-likeness (QED) is 0.403. The van der Waals surface area contributed by atoms with Crippen LogP contribution in [0.25, 0.3) is 0 Å². The molecule has 3 aromatic rings. The summed E-state index contributed by atoms with van der Waals surface area (Å²) < 4.78 is 0. The van der Waals surface area contributed by atoms with E-state index in [4.69, 9.17) is 5.41 Å². The summed E-state index contributed by atoms with van der Waals surface area (Å²) in [4.78, 5) is 22.0. The molecule has 2 N–H and O–H groups in total. The van der Waals surface area contributed by atoms with Crippen LogP contribution >= 0.6 is 11.3 Å². The number of rotatable bonds is 7. The number of amides is 1. The van der Waals surface area contributed by atoms with Crippen molar-refractivity contribution in [2.24, 2.45) is 0 Å². The van der Waals surface area contributed by atoms with Crippen LogP contribution in [0.2, 0.25) is 0 Å². The molecular weight excluding hydrogens is 418 g/mol. The van der Waals surface area contributed by atoms with Crippen LogP contribution < -0.4 is 5.32 Å². The van der Waals surface area contributed by atoms with Crippen molar-refractivity contribution < 1.29 is 4.79 Å². The van der Waals surface area contributed by atoms with Crippen molar-refractivity contribution in [2.45, 2.75) is 25.4 Å². The van der Waals surface area contributed by atoms with Crippen LogP contribution in [-0.4, -0.2) is 45.7 Å². The number of hydrogen-bond donors (Lipinski definition) is 2. The van der Waals surface area contributed by atoms with E-state index < -0.39 is 0 Å². The van der Waals surface area contributed by atoms with Gasteiger partial charge in [0.15, 0.2) is 0 Å². The summed E-state index contributed by atoms with van der Waals surface area (Å²) >= 11 is 1.42. The fraction of sp³-hybridized carbons (Fsp3) is 0.240. The number of pyridine rings is 1. The Hall–Kier alpha value is -3.29. The molecule has 0 bridgehead atoms. The molecular formula is C25H27N5OS. The molecule has 2 aromatic heterocycles. The Morgan fingerprint density at radius 2 is 1.88 bits per heavy atom. The molecule has 4 rings (SSSR count). The maximum absolute atomic E-state index is 13.3. The van der Waals surface area contributed by atoms with Crippen molar-refractivity contribution >= 4 is 28.8 Å². The summed E-state index contributed by atoms with van der Waals surface area (Å²) in [6.07, 6.45) is 8.46. The first-order valence-electron chi connectivity index (χ1n) is 10.8. The highest BCUT2D eigenvalue weighted by molar-refractivity contribution is 7.12. The zero-order valence-electron chi connectivity index (χ0n) is 17.9. The molecule has 0 saturated carbocycles. The van der Waals surface area contributed by atoms with Gasteiger partial charge < -0.3 is 5.32 Å². The van der Waals surface area contributed by atoms with Gasteiger partial charge in [0, 0.05) is 50.0 Å². The van der Waals surface area contributed by atoms with Gasteiger partial charge in [0.1, 0.15) is 5.84 Å². The topological polar surface area (TPSA) is 72.3 Å². The van der Waals surface area contributed by atoms with E-state index in [9.17, 15) is 4.79 Å². The van der Waals surface area contributed by atoms with Gasteiger partial charge in [0.25, 0.3) is 5.91 Å². The average Bonchev–Trinajstić information content (AvgIpc) is 3.37. The van der Waals surface area contributed by atoms with Crippen LogP contribution in [0.1, 0.15) is 28.1 Å². The number of carbonyl (C=O) groups is 1. The third-order valence-corrected chi connectivity index (χ3v) is 6.41. The number of thiophene rings is 1. The molecule has 1 saturated heterocycles. The van der Waals surface area contributed by atoms with E-state index in [0.29, 0.717) is 4.88 Å². The summed E-state index contributed by atoms with van der Waals surface area (Å²) in [6.45, 7) is 2.72. The van der Waals surface area contributed by atoms with Gasteiger partial charge in [-0.3, -0.25) is 25.0 Å². The molecule has 0 unspecified atom stereocenters. The maximum atomic E-state index is 13.3. The van der Waals surface area contributed by atoms with Crippen molar-refractivity contribution in [3.63, 3.8) is 0 Å². The Morgan fingerprint density at radius 3 is 2.56 bits per heavy atom. The highest BCUT2D eigenvalue weighted by Gasteiger charge is 2.31. The smallest absolute Gasteiger partial charge is 0.269 e. The molecule has 0 aliphatic carbocycles. The van der Waals surface area contributed by atoms with Crippen molar-refractivity contribution in [2.75, 3.05) is 18.4 Å². The zero-order chi connectivity index (χ0) is 22.2. The number of nitrogens with zero attached hydrogens (tertiary/aromatic N) is 3. The minimum Gasteiger partial charge on any atom is -0.361 e. The van der Waals surface area contributed by atoms with E-state index in [2.05, 4.69) is 39.5 Å². The summed E-state index contributed by atoms with van der Waals surface area (Å²) in [6, 6.07) is 17.9. The second-order valence-electron chi connectivity index (χ2n) is 7.74. The predicted molar refractivity (Wildman–Crippen MR) is 130 cm³/mol. The molecule has 1 aromatic carbocycles. The van der Waals surface area contributed by atoms with Crippen molar-refractivity contribution in [3.05, 3.63) is 95.1 Å². The summed E-state index contributed by atoms with van der Waals surface area (Å²) in [7, 11) is 0. The normalized spacial score (nSPS) is 15.0. The van der Waals surface area contributed by atoms with E-state index in [1.807, 2.05) is 35.7 Å². The Balaban J connectivity index is 1.42. The number of amidine groups is 1. The second kappa shape index (κ2) is 10.8. The van der Waals surface area contributed by atoms with Gasteiger partial charge in [-0.15, -0.1) is 11.3 Å². The van der Waals surface area contributed by atoms with Crippen LogP contribution in [-0.2, 0) is 6.54 Å². The highest BCUT2D eigenvalue weighted by Crippen LogP contribution is 2.23. The SMILES string of the molecule is N=C(/C=C\Nc1ccncc1)N(C(=O)c1cccs1)C1CCN(Cc2ccccc2)CC1. The highest BCUT2D eigenvalue weighted by atomic mass is 32.1. The fourth-order valence-corrected chi connectivity index (χ4v) is 4.57. The van der Waals surface area contributed by atoms with E-state index in [0.717, 1.165) is 38.2 Å². The first kappa shape index (κ1) is 21.9. The van der Waals surface area contributed by atoms with Gasteiger partial charge in [-0.2, -0.15) is 0 Å².